The predicted octanol–water partition coefficient (Wildman–Crippen LogP) is 4.53. The van der Waals surface area contributed by atoms with Crippen LogP contribution in [-0.2, 0) is 22.3 Å². The number of carbonyl (C=O) groups excluding carboxylic acids is 1. The van der Waals surface area contributed by atoms with Crippen LogP contribution in [0.4, 0.5) is 19.0 Å². The standard InChI is InChI=1S/C21H17F3N2O2/c1-28-20(27)17-12-26(11-14-4-2-3-5-16(14)17)19-9-7-13-6-8-15(21(22,23)24)10-18(13)25-19/h2-10,17H,11-12H2,1H3. The zero-order valence-corrected chi connectivity index (χ0v) is 15.0. The molecule has 28 heavy (non-hydrogen) atoms. The van der Waals surface area contributed by atoms with Crippen molar-refractivity contribution in [3.8, 4) is 0 Å². The average Bonchev–Trinajstić information content (AvgIpc) is 2.70. The second-order valence-corrected chi connectivity index (χ2v) is 6.73. The van der Waals surface area contributed by atoms with Crippen LogP contribution in [0.5, 0.6) is 0 Å². The molecule has 0 fully saturated rings. The van der Waals surface area contributed by atoms with Crippen LogP contribution in [0.3, 0.4) is 0 Å². The Hall–Kier alpha value is -3.09. The van der Waals surface area contributed by atoms with Crippen molar-refractivity contribution in [1.82, 2.24) is 4.98 Å². The van der Waals surface area contributed by atoms with Gasteiger partial charge in [-0.15, -0.1) is 0 Å². The van der Waals surface area contributed by atoms with Crippen LogP contribution < -0.4 is 4.90 Å². The number of benzene rings is 2. The van der Waals surface area contributed by atoms with Gasteiger partial charge in [0.15, 0.2) is 0 Å². The first-order valence-electron chi connectivity index (χ1n) is 8.75. The molecule has 144 valence electrons. The second-order valence-electron chi connectivity index (χ2n) is 6.73. The Morgan fingerprint density at radius 1 is 1.14 bits per heavy atom. The fourth-order valence-corrected chi connectivity index (χ4v) is 3.58. The first kappa shape index (κ1) is 18.3. The number of hydrogen-bond donors (Lipinski definition) is 0. The van der Waals surface area contributed by atoms with Gasteiger partial charge in [-0.3, -0.25) is 4.79 Å². The van der Waals surface area contributed by atoms with Gasteiger partial charge in [-0.2, -0.15) is 13.2 Å². The minimum Gasteiger partial charge on any atom is -0.468 e. The molecule has 0 aliphatic carbocycles. The highest BCUT2D eigenvalue weighted by atomic mass is 19.4. The van der Waals surface area contributed by atoms with Crippen LogP contribution in [0.15, 0.2) is 54.6 Å². The number of aromatic nitrogens is 1. The molecule has 3 aromatic rings. The molecular weight excluding hydrogens is 369 g/mol. The number of nitrogens with zero attached hydrogens (tertiary/aromatic N) is 2. The van der Waals surface area contributed by atoms with E-state index in [9.17, 15) is 18.0 Å². The van der Waals surface area contributed by atoms with E-state index in [4.69, 9.17) is 4.74 Å². The predicted molar refractivity (Wildman–Crippen MR) is 99.0 cm³/mol. The highest BCUT2D eigenvalue weighted by molar-refractivity contribution is 5.82. The molecule has 0 N–H and O–H groups in total. The molecule has 2 heterocycles. The van der Waals surface area contributed by atoms with Crippen molar-refractivity contribution >= 4 is 22.7 Å². The van der Waals surface area contributed by atoms with Gasteiger partial charge in [0.2, 0.25) is 0 Å². The number of fused-ring (bicyclic) bond motifs is 2. The topological polar surface area (TPSA) is 42.4 Å². The lowest BCUT2D eigenvalue weighted by molar-refractivity contribution is -0.142. The molecule has 0 bridgehead atoms. The second kappa shape index (κ2) is 6.82. The Balaban J connectivity index is 1.74. The fraction of sp³-hybridized carbons (Fsp3) is 0.238. The largest absolute Gasteiger partial charge is 0.468 e. The maximum absolute atomic E-state index is 13.0. The normalized spacial score (nSPS) is 16.7. The highest BCUT2D eigenvalue weighted by Crippen LogP contribution is 2.34. The van der Waals surface area contributed by atoms with Gasteiger partial charge in [-0.25, -0.2) is 4.98 Å². The zero-order chi connectivity index (χ0) is 19.9. The van der Waals surface area contributed by atoms with E-state index in [0.29, 0.717) is 24.3 Å². The Morgan fingerprint density at radius 2 is 1.89 bits per heavy atom. The molecule has 1 atom stereocenters. The lowest BCUT2D eigenvalue weighted by Crippen LogP contribution is -2.37. The lowest BCUT2D eigenvalue weighted by Gasteiger charge is -2.34. The van der Waals surface area contributed by atoms with E-state index in [0.717, 1.165) is 23.3 Å². The minimum atomic E-state index is -4.42. The monoisotopic (exact) mass is 386 g/mol. The molecule has 0 saturated heterocycles. The molecule has 4 nitrogen and oxygen atoms in total. The maximum Gasteiger partial charge on any atom is 0.416 e. The summed E-state index contributed by atoms with van der Waals surface area (Å²) in [5.74, 6) is -0.304. The summed E-state index contributed by atoms with van der Waals surface area (Å²) >= 11 is 0. The summed E-state index contributed by atoms with van der Waals surface area (Å²) < 4.78 is 44.0. The summed E-state index contributed by atoms with van der Waals surface area (Å²) in [5.41, 5.74) is 1.41. The molecular formula is C21H17F3N2O2. The quantitative estimate of drug-likeness (QED) is 0.607. The average molecular weight is 386 g/mol. The van der Waals surface area contributed by atoms with Crippen molar-refractivity contribution in [3.05, 3.63) is 71.3 Å². The van der Waals surface area contributed by atoms with Crippen LogP contribution in [0, 0.1) is 0 Å². The minimum absolute atomic E-state index is 0.265. The molecule has 0 saturated carbocycles. The smallest absolute Gasteiger partial charge is 0.416 e. The van der Waals surface area contributed by atoms with Crippen molar-refractivity contribution in [3.63, 3.8) is 0 Å². The van der Waals surface area contributed by atoms with Gasteiger partial charge in [0, 0.05) is 18.5 Å². The maximum atomic E-state index is 13.0. The molecule has 0 radical (unpaired) electrons. The molecule has 4 rings (SSSR count). The fourth-order valence-electron chi connectivity index (χ4n) is 3.58. The van der Waals surface area contributed by atoms with Crippen molar-refractivity contribution in [1.29, 1.82) is 0 Å². The molecule has 1 aromatic heterocycles. The third kappa shape index (κ3) is 3.28. The van der Waals surface area contributed by atoms with Crippen molar-refractivity contribution < 1.29 is 22.7 Å². The number of alkyl halides is 3. The number of hydrogen-bond acceptors (Lipinski definition) is 4. The zero-order valence-electron chi connectivity index (χ0n) is 15.0. The summed E-state index contributed by atoms with van der Waals surface area (Å²) in [6, 6.07) is 14.6. The highest BCUT2D eigenvalue weighted by Gasteiger charge is 2.32. The van der Waals surface area contributed by atoms with Crippen LogP contribution in [0.1, 0.15) is 22.6 Å². The van der Waals surface area contributed by atoms with Gasteiger partial charge in [-0.1, -0.05) is 30.3 Å². The summed E-state index contributed by atoms with van der Waals surface area (Å²) in [6.07, 6.45) is -4.42. The van der Waals surface area contributed by atoms with E-state index in [1.807, 2.05) is 29.2 Å². The molecule has 7 heteroatoms. The SMILES string of the molecule is COC(=O)C1CN(c2ccc3ccc(C(F)(F)F)cc3n2)Cc2ccccc21. The molecule has 0 spiro atoms. The van der Waals surface area contributed by atoms with Gasteiger partial charge in [-0.05, 0) is 35.4 Å². The summed E-state index contributed by atoms with van der Waals surface area (Å²) in [6.45, 7) is 0.863. The van der Waals surface area contributed by atoms with Crippen LogP contribution >= 0.6 is 0 Å². The Kier molecular flexibility index (Phi) is 4.45. The molecule has 1 aliphatic heterocycles. The molecule has 0 amide bonds. The van der Waals surface area contributed by atoms with Crippen molar-refractivity contribution in [2.24, 2.45) is 0 Å². The Labute approximate surface area is 159 Å². The summed E-state index contributed by atoms with van der Waals surface area (Å²) in [7, 11) is 1.34. The van der Waals surface area contributed by atoms with E-state index in [2.05, 4.69) is 4.98 Å². The van der Waals surface area contributed by atoms with E-state index < -0.39 is 17.7 Å². The third-order valence-electron chi connectivity index (χ3n) is 5.01. The number of pyridine rings is 1. The number of rotatable bonds is 2. The number of anilines is 1. The number of esters is 1. The van der Waals surface area contributed by atoms with Gasteiger partial charge in [0.05, 0.1) is 24.1 Å². The van der Waals surface area contributed by atoms with Crippen LogP contribution in [-0.4, -0.2) is 24.6 Å². The van der Waals surface area contributed by atoms with E-state index in [-0.39, 0.29) is 11.5 Å². The Morgan fingerprint density at radius 3 is 2.64 bits per heavy atom. The Bertz CT molecular complexity index is 1050. The third-order valence-corrected chi connectivity index (χ3v) is 5.01. The van der Waals surface area contributed by atoms with Crippen molar-refractivity contribution in [2.45, 2.75) is 18.6 Å². The molecule has 1 unspecified atom stereocenters. The van der Waals surface area contributed by atoms with Gasteiger partial charge in [0.1, 0.15) is 5.82 Å². The summed E-state index contributed by atoms with van der Waals surface area (Å²) in [5, 5.41) is 0.624. The molecule has 2 aromatic carbocycles. The van der Waals surface area contributed by atoms with E-state index >= 15 is 0 Å². The van der Waals surface area contributed by atoms with Gasteiger partial charge in [0.25, 0.3) is 0 Å². The van der Waals surface area contributed by atoms with Crippen LogP contribution in [0.25, 0.3) is 10.9 Å². The van der Waals surface area contributed by atoms with Gasteiger partial charge >= 0.3 is 12.1 Å². The number of halogens is 3. The van der Waals surface area contributed by atoms with Crippen molar-refractivity contribution in [2.75, 3.05) is 18.6 Å². The van der Waals surface area contributed by atoms with Crippen LogP contribution in [0.2, 0.25) is 0 Å². The van der Waals surface area contributed by atoms with E-state index in [1.54, 1.807) is 12.1 Å². The van der Waals surface area contributed by atoms with Gasteiger partial charge < -0.3 is 9.64 Å². The number of carbonyl (C=O) groups is 1. The first-order chi connectivity index (χ1) is 13.4. The molecule has 1 aliphatic rings. The lowest BCUT2D eigenvalue weighted by atomic mass is 9.89. The first-order valence-corrected chi connectivity index (χ1v) is 8.75. The van der Waals surface area contributed by atoms with E-state index in [1.165, 1.54) is 13.2 Å². The number of methoxy groups -OCH3 is 1. The number of ether oxygens (including phenoxy) is 1. The summed E-state index contributed by atoms with van der Waals surface area (Å²) in [4.78, 5) is 18.6.